The van der Waals surface area contributed by atoms with Gasteiger partial charge >= 0.3 is 0 Å². The maximum atomic E-state index is 3.73. The molecule has 0 aromatic heterocycles. The smallest absolute Gasteiger partial charge is 0.0949 e. The zero-order chi connectivity index (χ0) is 22.2. The van der Waals surface area contributed by atoms with E-state index in [1.54, 1.807) is 0 Å². The van der Waals surface area contributed by atoms with Gasteiger partial charge in [0.05, 0.1) is 51.2 Å². The molecule has 5 aromatic carbocycles. The van der Waals surface area contributed by atoms with E-state index in [4.69, 9.17) is 0 Å². The lowest BCUT2D eigenvalue weighted by Crippen LogP contribution is -2.32. The lowest BCUT2D eigenvalue weighted by atomic mass is 9.95. The molecule has 3 aliphatic heterocycles. The van der Waals surface area contributed by atoms with Crippen molar-refractivity contribution in [3.8, 4) is 0 Å². The minimum Gasteiger partial charge on any atom is -0.352 e. The van der Waals surface area contributed by atoms with Gasteiger partial charge in [0.25, 0.3) is 0 Å². The van der Waals surface area contributed by atoms with E-state index in [9.17, 15) is 0 Å². The fourth-order valence-electron chi connectivity index (χ4n) is 5.66. The lowest BCUT2D eigenvalue weighted by molar-refractivity contribution is 1.11. The molecular weight excluding hydrogens is 416 g/mol. The van der Waals surface area contributed by atoms with E-state index in [1.165, 1.54) is 39.8 Å². The highest BCUT2D eigenvalue weighted by Gasteiger charge is 2.42. The van der Waals surface area contributed by atoms with Crippen LogP contribution in [0.3, 0.4) is 0 Å². The number of hydrogen-bond acceptors (Lipinski definition) is 4. The first-order chi connectivity index (χ1) is 16.9. The van der Waals surface area contributed by atoms with Gasteiger partial charge in [-0.05, 0) is 60.7 Å². The summed E-state index contributed by atoms with van der Waals surface area (Å²) in [5.74, 6) is 0. The highest BCUT2D eigenvalue weighted by Crippen LogP contribution is 2.67. The molecule has 4 heteroatoms. The lowest BCUT2D eigenvalue weighted by Gasteiger charge is -2.49. The summed E-state index contributed by atoms with van der Waals surface area (Å²) in [4.78, 5) is 7.24. The van der Waals surface area contributed by atoms with Crippen LogP contribution in [0.25, 0.3) is 0 Å². The van der Waals surface area contributed by atoms with Crippen molar-refractivity contribution >= 4 is 62.6 Å². The third-order valence-electron chi connectivity index (χ3n) is 6.96. The maximum absolute atomic E-state index is 3.73. The van der Waals surface area contributed by atoms with Gasteiger partial charge in [0.15, 0.2) is 0 Å². The standard InChI is InChI=1S/C30H20N4/c1-3-10-20(11-4-1)32-24-16-7-14-22-28(24)34-29-23(31-22)15-8-17-25(29)33(21-12-5-2-6-13-21)27-19-9-18-26(32)30(27)34/h1-19,31H. The summed E-state index contributed by atoms with van der Waals surface area (Å²) in [5, 5.41) is 3.73. The summed E-state index contributed by atoms with van der Waals surface area (Å²) in [6, 6.07) is 41.0. The van der Waals surface area contributed by atoms with Crippen LogP contribution in [0.1, 0.15) is 0 Å². The van der Waals surface area contributed by atoms with Crippen molar-refractivity contribution in [2.45, 2.75) is 0 Å². The third-order valence-corrected chi connectivity index (χ3v) is 6.96. The monoisotopic (exact) mass is 436 g/mol. The number of nitrogens with zero attached hydrogens (tertiary/aromatic N) is 3. The molecule has 3 aliphatic rings. The average molecular weight is 437 g/mol. The number of para-hydroxylation sites is 5. The zero-order valence-corrected chi connectivity index (χ0v) is 18.3. The van der Waals surface area contributed by atoms with Gasteiger partial charge in [0.2, 0.25) is 0 Å². The summed E-state index contributed by atoms with van der Waals surface area (Å²) < 4.78 is 0. The van der Waals surface area contributed by atoms with E-state index in [2.05, 4.69) is 135 Å². The van der Waals surface area contributed by atoms with E-state index in [-0.39, 0.29) is 0 Å². The predicted octanol–water partition coefficient (Wildman–Crippen LogP) is 8.78. The number of rotatable bonds is 2. The van der Waals surface area contributed by atoms with Gasteiger partial charge in [0, 0.05) is 11.4 Å². The van der Waals surface area contributed by atoms with Gasteiger partial charge in [-0.3, -0.25) is 4.90 Å². The summed E-state index contributed by atoms with van der Waals surface area (Å²) in [5.41, 5.74) is 12.8. The fraction of sp³-hybridized carbons (Fsp3) is 0. The van der Waals surface area contributed by atoms with Crippen molar-refractivity contribution < 1.29 is 0 Å². The topological polar surface area (TPSA) is 21.8 Å². The van der Waals surface area contributed by atoms with Crippen LogP contribution >= 0.6 is 0 Å². The number of hydrogen-bond donors (Lipinski definition) is 1. The Balaban J connectivity index is 1.52. The molecule has 4 nitrogen and oxygen atoms in total. The maximum Gasteiger partial charge on any atom is 0.0949 e. The highest BCUT2D eigenvalue weighted by molar-refractivity contribution is 6.18. The molecular formula is C30H20N4. The molecule has 0 unspecified atom stereocenters. The van der Waals surface area contributed by atoms with Crippen LogP contribution in [0, 0.1) is 0 Å². The highest BCUT2D eigenvalue weighted by atomic mass is 15.4. The SMILES string of the molecule is c1ccc(N2c3cccc4c3N3c5c(cccc5N(c5ccccc5)c5cccc2c53)N4)cc1. The summed E-state index contributed by atoms with van der Waals surface area (Å²) in [7, 11) is 0. The van der Waals surface area contributed by atoms with Crippen LogP contribution in [0.4, 0.5) is 62.6 Å². The Morgan fingerprint density at radius 2 is 0.765 bits per heavy atom. The van der Waals surface area contributed by atoms with Crippen LogP contribution in [-0.4, -0.2) is 0 Å². The first-order valence-electron chi connectivity index (χ1n) is 11.6. The molecule has 0 atom stereocenters. The van der Waals surface area contributed by atoms with Crippen LogP contribution in [0.15, 0.2) is 115 Å². The summed E-state index contributed by atoms with van der Waals surface area (Å²) in [6.07, 6.45) is 0. The first kappa shape index (κ1) is 17.8. The molecule has 3 heterocycles. The average Bonchev–Trinajstić information content (AvgIpc) is 2.90. The molecule has 8 rings (SSSR count). The Hall–Kier alpha value is -4.70. The molecule has 0 saturated heterocycles. The second kappa shape index (κ2) is 6.42. The Morgan fingerprint density at radius 3 is 1.24 bits per heavy atom. The van der Waals surface area contributed by atoms with Crippen LogP contribution in [0.2, 0.25) is 0 Å². The Bertz CT molecular complexity index is 1480. The first-order valence-corrected chi connectivity index (χ1v) is 11.6. The molecule has 160 valence electrons. The Labute approximate surface area is 197 Å². The van der Waals surface area contributed by atoms with E-state index in [1.807, 2.05) is 0 Å². The number of anilines is 11. The zero-order valence-electron chi connectivity index (χ0n) is 18.3. The molecule has 0 saturated carbocycles. The van der Waals surface area contributed by atoms with Crippen LogP contribution in [-0.2, 0) is 0 Å². The van der Waals surface area contributed by atoms with Gasteiger partial charge < -0.3 is 15.1 Å². The molecule has 0 aliphatic carbocycles. The molecule has 0 bridgehead atoms. The predicted molar refractivity (Wildman–Crippen MR) is 141 cm³/mol. The quantitative estimate of drug-likeness (QED) is 0.292. The Kier molecular flexibility index (Phi) is 3.36. The Morgan fingerprint density at radius 1 is 0.353 bits per heavy atom. The van der Waals surface area contributed by atoms with Crippen molar-refractivity contribution in [1.82, 2.24) is 0 Å². The van der Waals surface area contributed by atoms with Crippen molar-refractivity contribution in [1.29, 1.82) is 0 Å². The minimum absolute atomic E-state index is 1.12. The second-order valence-corrected chi connectivity index (χ2v) is 8.79. The van der Waals surface area contributed by atoms with Gasteiger partial charge in [0.1, 0.15) is 0 Å². The van der Waals surface area contributed by atoms with Gasteiger partial charge in [-0.25, -0.2) is 0 Å². The third kappa shape index (κ3) is 2.17. The largest absolute Gasteiger partial charge is 0.352 e. The van der Waals surface area contributed by atoms with Crippen LogP contribution in [0.5, 0.6) is 0 Å². The number of nitrogens with one attached hydrogen (secondary N) is 1. The van der Waals surface area contributed by atoms with Gasteiger partial charge in [-0.1, -0.05) is 54.6 Å². The fourth-order valence-corrected chi connectivity index (χ4v) is 5.66. The van der Waals surface area contributed by atoms with Crippen molar-refractivity contribution in [3.05, 3.63) is 115 Å². The number of benzene rings is 5. The van der Waals surface area contributed by atoms with E-state index < -0.39 is 0 Å². The van der Waals surface area contributed by atoms with E-state index in [0.717, 1.165) is 22.7 Å². The molecule has 0 spiro atoms. The second-order valence-electron chi connectivity index (χ2n) is 8.79. The van der Waals surface area contributed by atoms with Crippen molar-refractivity contribution in [2.75, 3.05) is 20.0 Å². The van der Waals surface area contributed by atoms with Gasteiger partial charge in [-0.15, -0.1) is 0 Å². The molecule has 34 heavy (non-hydrogen) atoms. The molecule has 0 amide bonds. The molecule has 0 fully saturated rings. The summed E-state index contributed by atoms with van der Waals surface area (Å²) >= 11 is 0. The molecule has 0 radical (unpaired) electrons. The molecule has 5 aromatic rings. The van der Waals surface area contributed by atoms with Crippen molar-refractivity contribution in [2.24, 2.45) is 0 Å². The van der Waals surface area contributed by atoms with E-state index in [0.29, 0.717) is 0 Å². The normalized spacial score (nSPS) is 13.9. The van der Waals surface area contributed by atoms with Crippen molar-refractivity contribution in [3.63, 3.8) is 0 Å². The van der Waals surface area contributed by atoms with Gasteiger partial charge in [-0.2, -0.15) is 0 Å². The summed E-state index contributed by atoms with van der Waals surface area (Å²) in [6.45, 7) is 0. The minimum atomic E-state index is 1.12. The van der Waals surface area contributed by atoms with Crippen LogP contribution < -0.4 is 20.0 Å². The molecule has 1 N–H and O–H groups in total. The van der Waals surface area contributed by atoms with E-state index >= 15 is 0 Å².